The third-order valence-electron chi connectivity index (χ3n) is 17.4. The minimum Gasteiger partial charge on any atom is -0.394 e. The Kier molecular flexibility index (Phi) is 56.9. The van der Waals surface area contributed by atoms with Gasteiger partial charge in [0, 0.05) is 6.42 Å². The Morgan fingerprint density at radius 3 is 1.14 bits per heavy atom. The second-order valence-electron chi connectivity index (χ2n) is 25.7. The van der Waals surface area contributed by atoms with Gasteiger partial charge in [-0.3, -0.25) is 4.79 Å². The highest BCUT2D eigenvalue weighted by Gasteiger charge is 2.51. The van der Waals surface area contributed by atoms with Crippen molar-refractivity contribution in [2.45, 2.75) is 351 Å². The molecule has 9 N–H and O–H groups in total. The van der Waals surface area contributed by atoms with E-state index in [4.69, 9.17) is 18.9 Å². The largest absolute Gasteiger partial charge is 0.394 e. The van der Waals surface area contributed by atoms with E-state index in [0.717, 1.165) is 103 Å². The summed E-state index contributed by atoms with van der Waals surface area (Å²) in [5, 5.41) is 87.5. The fourth-order valence-corrected chi connectivity index (χ4v) is 11.5. The molecule has 93 heavy (non-hydrogen) atoms. The van der Waals surface area contributed by atoms with Gasteiger partial charge in [0.05, 0.1) is 32.0 Å². The molecule has 0 saturated carbocycles. The molecule has 2 saturated heterocycles. The highest BCUT2D eigenvalue weighted by Crippen LogP contribution is 2.30. The molecule has 12 atom stereocenters. The number of unbranched alkanes of at least 4 members (excludes halogenated alkanes) is 29. The van der Waals surface area contributed by atoms with Crippen molar-refractivity contribution < 1.29 is 64.6 Å². The molecule has 534 valence electrons. The van der Waals surface area contributed by atoms with Crippen LogP contribution in [0.4, 0.5) is 0 Å². The van der Waals surface area contributed by atoms with Gasteiger partial charge in [0.1, 0.15) is 48.8 Å². The van der Waals surface area contributed by atoms with Crippen molar-refractivity contribution >= 4 is 5.91 Å². The second kappa shape index (κ2) is 61.9. The molecular formula is C79H135NO13. The van der Waals surface area contributed by atoms with Gasteiger partial charge in [-0.2, -0.15) is 0 Å². The first kappa shape index (κ1) is 85.5. The Morgan fingerprint density at radius 1 is 0.398 bits per heavy atom. The molecular weight excluding hydrogens is 1170 g/mol. The van der Waals surface area contributed by atoms with Gasteiger partial charge in [0.25, 0.3) is 0 Å². The number of amides is 1. The second-order valence-corrected chi connectivity index (χ2v) is 25.7. The van der Waals surface area contributed by atoms with Gasteiger partial charge in [-0.15, -0.1) is 0 Å². The van der Waals surface area contributed by atoms with Crippen molar-refractivity contribution in [3.8, 4) is 0 Å². The maximum Gasteiger partial charge on any atom is 0.220 e. The number of hydrogen-bond donors (Lipinski definition) is 9. The van der Waals surface area contributed by atoms with Crippen molar-refractivity contribution in [1.29, 1.82) is 0 Å². The van der Waals surface area contributed by atoms with Crippen molar-refractivity contribution in [2.75, 3.05) is 19.8 Å². The number of carbonyl (C=O) groups excluding carboxylic acids is 1. The average Bonchev–Trinajstić information content (AvgIpc) is 0.958. The lowest BCUT2D eigenvalue weighted by Crippen LogP contribution is -2.65. The van der Waals surface area contributed by atoms with Gasteiger partial charge >= 0.3 is 0 Å². The number of nitrogens with one attached hydrogen (secondary N) is 1. The molecule has 14 nitrogen and oxygen atoms in total. The molecule has 2 rings (SSSR count). The number of aliphatic hydroxyl groups excluding tert-OH is 8. The molecule has 0 bridgehead atoms. The minimum absolute atomic E-state index is 0.243. The summed E-state index contributed by atoms with van der Waals surface area (Å²) in [7, 11) is 0. The van der Waals surface area contributed by atoms with Crippen LogP contribution in [0.3, 0.4) is 0 Å². The van der Waals surface area contributed by atoms with Gasteiger partial charge in [-0.1, -0.05) is 302 Å². The van der Waals surface area contributed by atoms with E-state index in [1.165, 1.54) is 148 Å². The number of ether oxygens (including phenoxy) is 4. The highest BCUT2D eigenvalue weighted by molar-refractivity contribution is 5.76. The Bertz CT molecular complexity index is 2030. The Labute approximate surface area is 565 Å². The molecule has 0 aromatic rings. The van der Waals surface area contributed by atoms with Crippen LogP contribution in [-0.2, 0) is 23.7 Å². The monoisotopic (exact) mass is 1310 g/mol. The lowest BCUT2D eigenvalue weighted by atomic mass is 9.97. The van der Waals surface area contributed by atoms with Gasteiger partial charge in [0.2, 0.25) is 5.91 Å². The summed E-state index contributed by atoms with van der Waals surface area (Å²) in [6.45, 7) is 2.70. The van der Waals surface area contributed by atoms with Crippen LogP contribution in [0.15, 0.2) is 122 Å². The van der Waals surface area contributed by atoms with Crippen molar-refractivity contribution in [3.63, 3.8) is 0 Å². The first-order valence-corrected chi connectivity index (χ1v) is 37.3. The van der Waals surface area contributed by atoms with Crippen LogP contribution in [0, 0.1) is 0 Å². The van der Waals surface area contributed by atoms with Crippen molar-refractivity contribution in [1.82, 2.24) is 5.32 Å². The van der Waals surface area contributed by atoms with Crippen molar-refractivity contribution in [3.05, 3.63) is 122 Å². The topological polar surface area (TPSA) is 228 Å². The number of allylic oxidation sites excluding steroid dienone is 19. The number of aliphatic hydroxyl groups is 8. The Hall–Kier alpha value is -3.61. The summed E-state index contributed by atoms with van der Waals surface area (Å²) < 4.78 is 22.9. The third kappa shape index (κ3) is 45.5. The molecule has 2 fully saturated rings. The van der Waals surface area contributed by atoms with Crippen LogP contribution in [0.5, 0.6) is 0 Å². The van der Waals surface area contributed by atoms with Crippen LogP contribution in [0.25, 0.3) is 0 Å². The smallest absolute Gasteiger partial charge is 0.220 e. The summed E-state index contributed by atoms with van der Waals surface area (Å²) in [6.07, 6.45) is 74.0. The van der Waals surface area contributed by atoms with Gasteiger partial charge < -0.3 is 65.1 Å². The summed E-state index contributed by atoms with van der Waals surface area (Å²) in [4.78, 5) is 13.3. The summed E-state index contributed by atoms with van der Waals surface area (Å²) >= 11 is 0. The average molecular weight is 1310 g/mol. The first-order valence-electron chi connectivity index (χ1n) is 37.3. The Morgan fingerprint density at radius 2 is 0.742 bits per heavy atom. The quantitative estimate of drug-likeness (QED) is 0.0204. The molecule has 0 aromatic heterocycles. The molecule has 12 unspecified atom stereocenters. The molecule has 2 aliphatic rings. The molecule has 2 aliphatic heterocycles. The van der Waals surface area contributed by atoms with E-state index in [9.17, 15) is 45.6 Å². The predicted octanol–water partition coefficient (Wildman–Crippen LogP) is 16.1. The highest BCUT2D eigenvalue weighted by atomic mass is 16.7. The maximum atomic E-state index is 13.3. The molecule has 0 radical (unpaired) electrons. The molecule has 0 aromatic carbocycles. The predicted molar refractivity (Wildman–Crippen MR) is 382 cm³/mol. The zero-order valence-corrected chi connectivity index (χ0v) is 58.2. The first-order chi connectivity index (χ1) is 45.6. The van der Waals surface area contributed by atoms with Gasteiger partial charge in [0.15, 0.2) is 12.6 Å². The molecule has 1 amide bonds. The SMILES string of the molecule is CC/C=C\C/C=C\C/C=C\C/C=C\C/C=C\C/C=C\C/C=C\C/C=C\C/C=C\CCCCCCCCCCCCCCCC(=O)NC(COC1OC(CO)C(OC2OC(CO)C(O)C(O)C2O)C(O)C1O)C(O)/C=C/CCCCCCCCCCCCCCCCCC. The van der Waals surface area contributed by atoms with E-state index < -0.39 is 86.8 Å². The van der Waals surface area contributed by atoms with E-state index in [-0.39, 0.29) is 18.9 Å². The standard InChI is InChI=1S/C79H135NO13/c1-3-5-7-9-11-13-15-17-19-21-23-24-25-26-27-28-29-30-31-32-33-34-35-36-37-38-39-40-41-42-43-44-45-47-49-51-53-55-57-59-61-63-71(84)80-67(68(83)62-60-58-56-54-52-50-48-46-22-20-18-16-14-12-10-8-6-4-2)66-90-78-76(89)74(87)77(70(65-82)92-78)93-79-75(88)73(86)72(85)69(64-81)91-79/h5,7,11,13,17,19,23-24,26-27,29-30,32-33,35-36,38-39,60,62,67-70,72-79,81-83,85-89H,3-4,6,8-10,12,14-16,18,20-22,25,28,31,34,37,40-59,61,63-66H2,1-2H3,(H,80,84)/b7-5-,13-11-,19-17-,24-23-,27-26-,30-29-,33-32-,36-35-,39-38-,62-60+. The lowest BCUT2D eigenvalue weighted by Gasteiger charge is -2.46. The van der Waals surface area contributed by atoms with Crippen molar-refractivity contribution in [2.24, 2.45) is 0 Å². The van der Waals surface area contributed by atoms with Crippen LogP contribution < -0.4 is 5.32 Å². The third-order valence-corrected chi connectivity index (χ3v) is 17.4. The van der Waals surface area contributed by atoms with Crippen LogP contribution in [0.2, 0.25) is 0 Å². The molecule has 0 spiro atoms. The Balaban J connectivity index is 1.61. The number of hydrogen-bond acceptors (Lipinski definition) is 13. The van der Waals surface area contributed by atoms with E-state index in [0.29, 0.717) is 6.42 Å². The maximum absolute atomic E-state index is 13.3. The summed E-state index contributed by atoms with van der Waals surface area (Å²) in [6, 6.07) is -0.922. The number of carbonyl (C=O) groups is 1. The molecule has 0 aliphatic carbocycles. The van der Waals surface area contributed by atoms with E-state index in [2.05, 4.69) is 129 Å². The van der Waals surface area contributed by atoms with Gasteiger partial charge in [-0.05, 0) is 89.9 Å². The molecule has 2 heterocycles. The van der Waals surface area contributed by atoms with Gasteiger partial charge in [-0.25, -0.2) is 0 Å². The summed E-state index contributed by atoms with van der Waals surface area (Å²) in [5.74, 6) is -0.243. The number of rotatable bonds is 60. The fourth-order valence-electron chi connectivity index (χ4n) is 11.5. The lowest BCUT2D eigenvalue weighted by molar-refractivity contribution is -0.359. The normalized spacial score (nSPS) is 23.3. The summed E-state index contributed by atoms with van der Waals surface area (Å²) in [5.41, 5.74) is 0. The van der Waals surface area contributed by atoms with E-state index in [1.807, 2.05) is 6.08 Å². The van der Waals surface area contributed by atoms with Crippen LogP contribution >= 0.6 is 0 Å². The molecule has 14 heteroatoms. The fraction of sp³-hybridized carbons (Fsp3) is 0.734. The van der Waals surface area contributed by atoms with Crippen LogP contribution in [-0.4, -0.2) is 140 Å². The van der Waals surface area contributed by atoms with Crippen LogP contribution in [0.1, 0.15) is 277 Å². The zero-order chi connectivity index (χ0) is 67.3. The van der Waals surface area contributed by atoms with E-state index >= 15 is 0 Å². The minimum atomic E-state index is -1.79. The van der Waals surface area contributed by atoms with E-state index in [1.54, 1.807) is 6.08 Å². The zero-order valence-electron chi connectivity index (χ0n) is 58.2.